The van der Waals surface area contributed by atoms with Crippen LogP contribution in [0.1, 0.15) is 0 Å². The Hall–Kier alpha value is -1.61. The summed E-state index contributed by atoms with van der Waals surface area (Å²) in [6.45, 7) is 0. The number of rotatable bonds is 0. The van der Waals surface area contributed by atoms with Crippen LogP contribution in [0.2, 0.25) is 0 Å². The van der Waals surface area contributed by atoms with Crippen molar-refractivity contribution in [2.75, 3.05) is 0 Å². The molecule has 1 aromatic carbocycles. The van der Waals surface area contributed by atoms with Crippen molar-refractivity contribution in [1.29, 1.82) is 0 Å². The molecule has 0 saturated heterocycles. The van der Waals surface area contributed by atoms with Gasteiger partial charge in [-0.05, 0) is 17.6 Å². The summed E-state index contributed by atoms with van der Waals surface area (Å²) in [5.41, 5.74) is 2.02. The lowest BCUT2D eigenvalue weighted by molar-refractivity contribution is 1.29. The lowest BCUT2D eigenvalue weighted by Gasteiger charge is -2.04. The third-order valence-corrected chi connectivity index (χ3v) is 3.12. The zero-order valence-electron chi connectivity index (χ0n) is 7.92. The number of fused-ring (bicyclic) bond motifs is 3. The molecular formula is C12H8N2S. The lowest BCUT2D eigenvalue weighted by Crippen LogP contribution is -1.81. The number of nitrogens with zero attached hydrogens (tertiary/aromatic N) is 2. The van der Waals surface area contributed by atoms with Gasteiger partial charge in [-0.25, -0.2) is 0 Å². The van der Waals surface area contributed by atoms with Gasteiger partial charge in [-0.3, -0.25) is 9.98 Å². The maximum absolute atomic E-state index is 4.44. The van der Waals surface area contributed by atoms with Gasteiger partial charge >= 0.3 is 0 Å². The average Bonchev–Trinajstić information content (AvgIpc) is 2.54. The number of benzene rings is 1. The van der Waals surface area contributed by atoms with Gasteiger partial charge in [0.1, 0.15) is 0 Å². The maximum atomic E-state index is 4.44. The molecule has 0 bridgehead atoms. The third-order valence-electron chi connectivity index (χ3n) is 2.28. The van der Waals surface area contributed by atoms with E-state index in [0.717, 1.165) is 21.5 Å². The molecule has 0 amide bonds. The number of aromatic nitrogens is 1. The Bertz CT molecular complexity index is 573. The molecular weight excluding hydrogens is 204 g/mol. The van der Waals surface area contributed by atoms with Crippen molar-refractivity contribution in [2.24, 2.45) is 4.99 Å². The molecule has 0 unspecified atom stereocenters. The molecule has 0 N–H and O–H groups in total. The highest BCUT2D eigenvalue weighted by Gasteiger charge is 2.07. The van der Waals surface area contributed by atoms with E-state index in [1.165, 1.54) is 0 Å². The predicted octanol–water partition coefficient (Wildman–Crippen LogP) is 3.56. The van der Waals surface area contributed by atoms with Crippen LogP contribution in [-0.4, -0.2) is 11.2 Å². The zero-order valence-corrected chi connectivity index (χ0v) is 8.74. The molecule has 15 heavy (non-hydrogen) atoms. The van der Waals surface area contributed by atoms with E-state index in [-0.39, 0.29) is 0 Å². The van der Waals surface area contributed by atoms with E-state index in [0.29, 0.717) is 0 Å². The molecule has 0 fully saturated rings. The minimum Gasteiger partial charge on any atom is -0.255 e. The Kier molecular flexibility index (Phi) is 2.03. The molecule has 0 radical (unpaired) electrons. The van der Waals surface area contributed by atoms with E-state index in [1.54, 1.807) is 11.8 Å². The van der Waals surface area contributed by atoms with Crippen molar-refractivity contribution in [3.05, 3.63) is 41.9 Å². The number of allylic oxidation sites excluding steroid dienone is 1. The summed E-state index contributed by atoms with van der Waals surface area (Å²) in [6, 6.07) is 8.08. The van der Waals surface area contributed by atoms with E-state index in [1.807, 2.05) is 42.1 Å². The first-order valence-corrected chi connectivity index (χ1v) is 5.57. The molecule has 0 spiro atoms. The Balaban J connectivity index is 2.38. The van der Waals surface area contributed by atoms with Crippen LogP contribution >= 0.6 is 11.8 Å². The van der Waals surface area contributed by atoms with Gasteiger partial charge < -0.3 is 0 Å². The topological polar surface area (TPSA) is 25.2 Å². The Morgan fingerprint density at radius 1 is 1.13 bits per heavy atom. The number of thioether (sulfide) groups is 1. The quantitative estimate of drug-likeness (QED) is 0.667. The largest absolute Gasteiger partial charge is 0.255 e. The van der Waals surface area contributed by atoms with Crippen molar-refractivity contribution < 1.29 is 0 Å². The normalized spacial score (nSPS) is 13.9. The second-order valence-electron chi connectivity index (χ2n) is 3.21. The molecule has 3 heteroatoms. The number of pyridine rings is 1. The highest BCUT2D eigenvalue weighted by Crippen LogP contribution is 2.36. The summed E-state index contributed by atoms with van der Waals surface area (Å²) < 4.78 is 0. The molecule has 1 aliphatic rings. The fourth-order valence-electron chi connectivity index (χ4n) is 1.59. The fraction of sp³-hybridized carbons (Fsp3) is 0. The van der Waals surface area contributed by atoms with E-state index in [9.17, 15) is 0 Å². The molecule has 1 aliphatic heterocycles. The molecule has 72 valence electrons. The van der Waals surface area contributed by atoms with Gasteiger partial charge in [0.05, 0.1) is 16.1 Å². The number of hydrogen-bond acceptors (Lipinski definition) is 3. The molecule has 2 nitrogen and oxygen atoms in total. The van der Waals surface area contributed by atoms with Gasteiger partial charge in [0, 0.05) is 17.8 Å². The maximum Gasteiger partial charge on any atom is 0.0878 e. The van der Waals surface area contributed by atoms with Crippen LogP contribution in [0, 0.1) is 0 Å². The molecule has 2 heterocycles. The van der Waals surface area contributed by atoms with Gasteiger partial charge in [0.2, 0.25) is 0 Å². The zero-order chi connectivity index (χ0) is 10.1. The summed E-state index contributed by atoms with van der Waals surface area (Å²) in [5.74, 6) is 0. The summed E-state index contributed by atoms with van der Waals surface area (Å²) in [7, 11) is 0. The van der Waals surface area contributed by atoms with Crippen LogP contribution in [0.25, 0.3) is 10.9 Å². The van der Waals surface area contributed by atoms with Crippen LogP contribution in [0.15, 0.2) is 51.8 Å². The first-order chi connectivity index (χ1) is 7.45. The van der Waals surface area contributed by atoms with Crippen molar-refractivity contribution >= 4 is 34.6 Å². The predicted molar refractivity (Wildman–Crippen MR) is 64.9 cm³/mol. The van der Waals surface area contributed by atoms with Crippen LogP contribution in [0.3, 0.4) is 0 Å². The summed E-state index contributed by atoms with van der Waals surface area (Å²) >= 11 is 1.66. The average molecular weight is 212 g/mol. The smallest absolute Gasteiger partial charge is 0.0878 e. The van der Waals surface area contributed by atoms with Gasteiger partial charge in [-0.1, -0.05) is 30.0 Å². The standard InChI is InChI=1S/C12H8N2S/c1-2-5-10-9(4-1)12-11(8-14-10)15-7-3-6-13-12/h1-8H. The molecule has 1 aromatic heterocycles. The first-order valence-electron chi connectivity index (χ1n) is 4.69. The summed E-state index contributed by atoms with van der Waals surface area (Å²) in [5, 5.41) is 3.13. The van der Waals surface area contributed by atoms with E-state index < -0.39 is 0 Å². The number of hydrogen-bond donors (Lipinski definition) is 0. The van der Waals surface area contributed by atoms with Crippen LogP contribution in [0.4, 0.5) is 5.69 Å². The molecule has 2 aromatic rings. The second kappa shape index (κ2) is 3.51. The SMILES string of the molecule is C1=CSc2cnc3ccccc3c2N=C1. The monoisotopic (exact) mass is 212 g/mol. The molecule has 0 atom stereocenters. The van der Waals surface area contributed by atoms with Crippen LogP contribution in [-0.2, 0) is 0 Å². The van der Waals surface area contributed by atoms with Crippen molar-refractivity contribution in [3.8, 4) is 0 Å². The van der Waals surface area contributed by atoms with Crippen molar-refractivity contribution in [1.82, 2.24) is 4.98 Å². The van der Waals surface area contributed by atoms with Crippen molar-refractivity contribution in [3.63, 3.8) is 0 Å². The number of para-hydroxylation sites is 1. The lowest BCUT2D eigenvalue weighted by atomic mass is 10.2. The summed E-state index contributed by atoms with van der Waals surface area (Å²) in [6.07, 6.45) is 5.65. The molecule has 0 aliphatic carbocycles. The van der Waals surface area contributed by atoms with Crippen LogP contribution < -0.4 is 0 Å². The van der Waals surface area contributed by atoms with E-state index >= 15 is 0 Å². The fourth-order valence-corrected chi connectivity index (χ4v) is 2.28. The molecule has 0 saturated carbocycles. The Morgan fingerprint density at radius 2 is 2.07 bits per heavy atom. The van der Waals surface area contributed by atoms with Crippen molar-refractivity contribution in [2.45, 2.75) is 4.90 Å². The highest BCUT2D eigenvalue weighted by atomic mass is 32.2. The first kappa shape index (κ1) is 8.68. The van der Waals surface area contributed by atoms with Gasteiger partial charge in [-0.15, -0.1) is 0 Å². The van der Waals surface area contributed by atoms with E-state index in [4.69, 9.17) is 0 Å². The minimum atomic E-state index is 0.996. The number of aliphatic imine (C=N–C) groups is 1. The molecule has 3 rings (SSSR count). The highest BCUT2D eigenvalue weighted by molar-refractivity contribution is 8.02. The minimum absolute atomic E-state index is 0.996. The van der Waals surface area contributed by atoms with Gasteiger partial charge in [0.15, 0.2) is 0 Å². The van der Waals surface area contributed by atoms with Gasteiger partial charge in [-0.2, -0.15) is 0 Å². The van der Waals surface area contributed by atoms with Gasteiger partial charge in [0.25, 0.3) is 0 Å². The van der Waals surface area contributed by atoms with E-state index in [2.05, 4.69) is 16.0 Å². The summed E-state index contributed by atoms with van der Waals surface area (Å²) in [4.78, 5) is 9.96. The Labute approximate surface area is 91.8 Å². The van der Waals surface area contributed by atoms with Crippen LogP contribution in [0.5, 0.6) is 0 Å². The third kappa shape index (κ3) is 1.45. The second-order valence-corrected chi connectivity index (χ2v) is 4.16. The Morgan fingerprint density at radius 3 is 3.07 bits per heavy atom.